The first kappa shape index (κ1) is 12.2. The van der Waals surface area contributed by atoms with Crippen LogP contribution >= 0.6 is 0 Å². The second-order valence-corrected chi connectivity index (χ2v) is 3.01. The average molecular weight is 224 g/mol. The van der Waals surface area contributed by atoms with Crippen LogP contribution in [0.2, 0.25) is 0 Å². The molecule has 0 aliphatic rings. The number of aliphatic hydroxyl groups is 1. The van der Waals surface area contributed by atoms with E-state index < -0.39 is 6.03 Å². The topological polar surface area (TPSA) is 61.4 Å². The van der Waals surface area contributed by atoms with Crippen LogP contribution in [0.15, 0.2) is 30.5 Å². The molecular formula is C11H13FN2O2. The molecule has 1 aromatic rings. The maximum absolute atomic E-state index is 12.5. The van der Waals surface area contributed by atoms with Crippen LogP contribution in [0.4, 0.5) is 9.18 Å². The van der Waals surface area contributed by atoms with Crippen LogP contribution in [0, 0.1) is 5.82 Å². The molecule has 4 nitrogen and oxygen atoms in total. The second-order valence-electron chi connectivity index (χ2n) is 3.01. The van der Waals surface area contributed by atoms with E-state index in [1.165, 1.54) is 18.3 Å². The first-order valence-electron chi connectivity index (χ1n) is 4.79. The van der Waals surface area contributed by atoms with Crippen molar-refractivity contribution in [1.82, 2.24) is 10.6 Å². The number of carbonyl (C=O) groups excluding carboxylic acids is 1. The van der Waals surface area contributed by atoms with E-state index in [4.69, 9.17) is 5.11 Å². The molecule has 0 heterocycles. The number of urea groups is 1. The monoisotopic (exact) mass is 224 g/mol. The van der Waals surface area contributed by atoms with Crippen LogP contribution in [0.3, 0.4) is 0 Å². The molecule has 0 saturated carbocycles. The predicted octanol–water partition coefficient (Wildman–Crippen LogP) is 1.09. The Morgan fingerprint density at radius 2 is 2.06 bits per heavy atom. The molecule has 5 heteroatoms. The zero-order valence-corrected chi connectivity index (χ0v) is 8.61. The quantitative estimate of drug-likeness (QED) is 0.717. The number of carbonyl (C=O) groups is 1. The van der Waals surface area contributed by atoms with Crippen molar-refractivity contribution in [3.8, 4) is 0 Å². The first-order chi connectivity index (χ1) is 7.72. The molecule has 0 spiro atoms. The number of halogens is 1. The van der Waals surface area contributed by atoms with Gasteiger partial charge >= 0.3 is 6.03 Å². The minimum absolute atomic E-state index is 0.102. The molecule has 0 aromatic heterocycles. The highest BCUT2D eigenvalue weighted by Gasteiger charge is 1.93. The molecular weight excluding hydrogens is 211 g/mol. The normalized spacial score (nSPS) is 10.4. The van der Waals surface area contributed by atoms with Crippen LogP contribution in [0.1, 0.15) is 5.56 Å². The lowest BCUT2D eigenvalue weighted by atomic mass is 10.2. The number of rotatable bonds is 4. The van der Waals surface area contributed by atoms with Crippen molar-refractivity contribution in [2.75, 3.05) is 13.2 Å². The summed E-state index contributed by atoms with van der Waals surface area (Å²) in [5, 5.41) is 13.3. The largest absolute Gasteiger partial charge is 0.395 e. The average Bonchev–Trinajstić information content (AvgIpc) is 2.29. The standard InChI is InChI=1S/C11H13FN2O2/c12-10-3-1-9(2-4-10)5-6-13-11(16)14-7-8-15/h1-6,15H,7-8H2,(H2,13,14,16)/b6-5+. The maximum atomic E-state index is 12.5. The van der Waals surface area contributed by atoms with Gasteiger partial charge in [0.1, 0.15) is 5.82 Å². The minimum atomic E-state index is -0.396. The first-order valence-corrected chi connectivity index (χ1v) is 4.79. The van der Waals surface area contributed by atoms with Crippen molar-refractivity contribution >= 4 is 12.1 Å². The number of aliphatic hydroxyl groups excluding tert-OH is 1. The van der Waals surface area contributed by atoms with Gasteiger partial charge in [-0.15, -0.1) is 0 Å². The van der Waals surface area contributed by atoms with Crippen molar-refractivity contribution in [1.29, 1.82) is 0 Å². The highest BCUT2D eigenvalue weighted by molar-refractivity contribution is 5.75. The van der Waals surface area contributed by atoms with Crippen molar-refractivity contribution in [3.63, 3.8) is 0 Å². The van der Waals surface area contributed by atoms with Crippen LogP contribution < -0.4 is 10.6 Å². The molecule has 0 fully saturated rings. The summed E-state index contributed by atoms with van der Waals surface area (Å²) in [4.78, 5) is 11.0. The number of nitrogens with one attached hydrogen (secondary N) is 2. The van der Waals surface area contributed by atoms with Crippen molar-refractivity contribution in [2.24, 2.45) is 0 Å². The van der Waals surface area contributed by atoms with Gasteiger partial charge < -0.3 is 15.7 Å². The highest BCUT2D eigenvalue weighted by atomic mass is 19.1. The lowest BCUT2D eigenvalue weighted by molar-refractivity contribution is 0.237. The molecule has 16 heavy (non-hydrogen) atoms. The molecule has 0 bridgehead atoms. The maximum Gasteiger partial charge on any atom is 0.318 e. The van der Waals surface area contributed by atoms with Gasteiger partial charge in [-0.25, -0.2) is 9.18 Å². The Morgan fingerprint density at radius 3 is 2.69 bits per heavy atom. The zero-order valence-electron chi connectivity index (χ0n) is 8.61. The van der Waals surface area contributed by atoms with E-state index in [-0.39, 0.29) is 19.0 Å². The molecule has 86 valence electrons. The number of hydrogen-bond acceptors (Lipinski definition) is 2. The van der Waals surface area contributed by atoms with Gasteiger partial charge in [-0.05, 0) is 23.8 Å². The zero-order chi connectivity index (χ0) is 11.8. The SMILES string of the molecule is O=C(N/C=C/c1ccc(F)cc1)NCCO. The molecule has 0 aliphatic heterocycles. The minimum Gasteiger partial charge on any atom is -0.395 e. The fraction of sp³-hybridized carbons (Fsp3) is 0.182. The molecule has 1 rings (SSSR count). The fourth-order valence-corrected chi connectivity index (χ4v) is 1.01. The van der Waals surface area contributed by atoms with Crippen LogP contribution in [-0.2, 0) is 0 Å². The Hall–Kier alpha value is -1.88. The lowest BCUT2D eigenvalue weighted by Crippen LogP contribution is -2.33. The van der Waals surface area contributed by atoms with E-state index >= 15 is 0 Å². The van der Waals surface area contributed by atoms with Crippen molar-refractivity contribution in [3.05, 3.63) is 41.8 Å². The van der Waals surface area contributed by atoms with Crippen LogP contribution in [0.5, 0.6) is 0 Å². The number of hydrogen-bond donors (Lipinski definition) is 3. The Bertz CT molecular complexity index is 363. The van der Waals surface area contributed by atoms with Gasteiger partial charge in [0.25, 0.3) is 0 Å². The van der Waals surface area contributed by atoms with Crippen molar-refractivity contribution in [2.45, 2.75) is 0 Å². The van der Waals surface area contributed by atoms with Gasteiger partial charge in [0.2, 0.25) is 0 Å². The van der Waals surface area contributed by atoms with Crippen LogP contribution in [0.25, 0.3) is 6.08 Å². The highest BCUT2D eigenvalue weighted by Crippen LogP contribution is 2.03. The molecule has 0 atom stereocenters. The summed E-state index contributed by atoms with van der Waals surface area (Å²) in [6, 6.07) is 5.47. The molecule has 3 N–H and O–H groups in total. The molecule has 0 radical (unpaired) electrons. The Labute approximate surface area is 92.8 Å². The predicted molar refractivity (Wildman–Crippen MR) is 59.1 cm³/mol. The van der Waals surface area contributed by atoms with Gasteiger partial charge in [-0.3, -0.25) is 0 Å². The number of benzene rings is 1. The third kappa shape index (κ3) is 4.56. The summed E-state index contributed by atoms with van der Waals surface area (Å²) >= 11 is 0. The Balaban J connectivity index is 2.37. The molecule has 0 saturated heterocycles. The molecule has 0 aliphatic carbocycles. The van der Waals surface area contributed by atoms with Crippen LogP contribution in [-0.4, -0.2) is 24.3 Å². The molecule has 1 aromatic carbocycles. The Morgan fingerprint density at radius 1 is 1.38 bits per heavy atom. The van der Waals surface area contributed by atoms with E-state index in [0.29, 0.717) is 0 Å². The van der Waals surface area contributed by atoms with E-state index in [1.54, 1.807) is 18.2 Å². The lowest BCUT2D eigenvalue weighted by Gasteiger charge is -2.01. The smallest absolute Gasteiger partial charge is 0.318 e. The third-order valence-electron chi connectivity index (χ3n) is 1.76. The summed E-state index contributed by atoms with van der Waals surface area (Å²) in [7, 11) is 0. The van der Waals surface area contributed by atoms with Gasteiger partial charge in [-0.2, -0.15) is 0 Å². The molecule has 2 amide bonds. The van der Waals surface area contributed by atoms with Crippen molar-refractivity contribution < 1.29 is 14.3 Å². The summed E-state index contributed by atoms with van der Waals surface area (Å²) in [5.41, 5.74) is 0.781. The van der Waals surface area contributed by atoms with E-state index in [0.717, 1.165) is 5.56 Å². The number of amides is 2. The molecule has 0 unspecified atom stereocenters. The second kappa shape index (κ2) is 6.58. The van der Waals surface area contributed by atoms with E-state index in [2.05, 4.69) is 10.6 Å². The van der Waals surface area contributed by atoms with Gasteiger partial charge in [0.05, 0.1) is 6.61 Å². The summed E-state index contributed by atoms with van der Waals surface area (Å²) < 4.78 is 12.5. The van der Waals surface area contributed by atoms with Gasteiger partial charge in [-0.1, -0.05) is 12.1 Å². The third-order valence-corrected chi connectivity index (χ3v) is 1.76. The fourth-order valence-electron chi connectivity index (χ4n) is 1.01. The Kier molecular flexibility index (Phi) is 5.01. The summed E-state index contributed by atoms with van der Waals surface area (Å²) in [5.74, 6) is -0.300. The van der Waals surface area contributed by atoms with Gasteiger partial charge in [0, 0.05) is 12.7 Å². The summed E-state index contributed by atoms with van der Waals surface area (Å²) in [6.45, 7) is 0.102. The van der Waals surface area contributed by atoms with E-state index in [1.807, 2.05) is 0 Å². The van der Waals surface area contributed by atoms with E-state index in [9.17, 15) is 9.18 Å². The summed E-state index contributed by atoms with van der Waals surface area (Å²) in [6.07, 6.45) is 3.08. The van der Waals surface area contributed by atoms with Gasteiger partial charge in [0.15, 0.2) is 0 Å².